The molecule has 0 atom stereocenters. The van der Waals surface area contributed by atoms with Crippen molar-refractivity contribution in [3.63, 3.8) is 0 Å². The van der Waals surface area contributed by atoms with Crippen molar-refractivity contribution in [2.24, 2.45) is 0 Å². The Morgan fingerprint density at radius 3 is 2.65 bits per heavy atom. The molecule has 0 N–H and O–H groups in total. The highest BCUT2D eigenvalue weighted by Crippen LogP contribution is 2.32. The number of nitrogens with zero attached hydrogens (tertiary/aromatic N) is 1. The lowest BCUT2D eigenvalue weighted by atomic mass is 9.90. The van der Waals surface area contributed by atoms with Crippen molar-refractivity contribution in [2.75, 3.05) is 11.4 Å². The third-order valence-corrected chi connectivity index (χ3v) is 3.65. The average Bonchev–Trinajstić information content (AvgIpc) is 2.68. The quantitative estimate of drug-likeness (QED) is 0.689. The number of Topliss-reactive ketones (excluding diaryl/α,β-unsaturated/α-hetero) is 1. The highest BCUT2D eigenvalue weighted by molar-refractivity contribution is 6.15. The fourth-order valence-corrected chi connectivity index (χ4v) is 2.82. The first-order valence-corrected chi connectivity index (χ1v) is 6.18. The molecule has 3 nitrogen and oxygen atoms in total. The summed E-state index contributed by atoms with van der Waals surface area (Å²) in [4.78, 5) is 24.8. The Bertz CT molecular complexity index is 493. The van der Waals surface area contributed by atoms with Gasteiger partial charge in [0.25, 0.3) is 0 Å². The molecule has 1 amide bonds. The van der Waals surface area contributed by atoms with Gasteiger partial charge in [-0.3, -0.25) is 9.59 Å². The minimum absolute atomic E-state index is 0.0309. The van der Waals surface area contributed by atoms with Crippen LogP contribution in [0.4, 0.5) is 5.69 Å². The van der Waals surface area contributed by atoms with E-state index in [1.165, 1.54) is 24.0 Å². The molecule has 17 heavy (non-hydrogen) atoms. The van der Waals surface area contributed by atoms with E-state index in [9.17, 15) is 9.59 Å². The number of aryl methyl sites for hydroxylation is 1. The topological polar surface area (TPSA) is 37.4 Å². The van der Waals surface area contributed by atoms with Crippen LogP contribution >= 0.6 is 0 Å². The van der Waals surface area contributed by atoms with Crippen LogP contribution in [0.1, 0.15) is 30.4 Å². The SMILES string of the molecule is O=C1CC(=O)N(c2cccc3c2CCCC3)C1. The van der Waals surface area contributed by atoms with E-state index in [-0.39, 0.29) is 24.7 Å². The zero-order chi connectivity index (χ0) is 11.8. The molecule has 88 valence electrons. The second-order valence-electron chi connectivity index (χ2n) is 4.82. The summed E-state index contributed by atoms with van der Waals surface area (Å²) in [7, 11) is 0. The van der Waals surface area contributed by atoms with E-state index in [0.29, 0.717) is 0 Å². The highest BCUT2D eigenvalue weighted by atomic mass is 16.2. The predicted molar refractivity (Wildman–Crippen MR) is 65.1 cm³/mol. The summed E-state index contributed by atoms with van der Waals surface area (Å²) in [5, 5.41) is 0. The second-order valence-corrected chi connectivity index (χ2v) is 4.82. The van der Waals surface area contributed by atoms with Crippen LogP contribution in [0.5, 0.6) is 0 Å². The van der Waals surface area contributed by atoms with Crippen molar-refractivity contribution in [2.45, 2.75) is 32.1 Å². The molecule has 1 heterocycles. The molecule has 1 fully saturated rings. The number of carbonyl (C=O) groups excluding carboxylic acids is 2. The molecule has 0 saturated carbocycles. The largest absolute Gasteiger partial charge is 0.304 e. The summed E-state index contributed by atoms with van der Waals surface area (Å²) >= 11 is 0. The van der Waals surface area contributed by atoms with Gasteiger partial charge in [0.2, 0.25) is 5.91 Å². The number of fused-ring (bicyclic) bond motifs is 1. The maximum absolute atomic E-state index is 11.8. The highest BCUT2D eigenvalue weighted by Gasteiger charge is 2.30. The number of anilines is 1. The van der Waals surface area contributed by atoms with Gasteiger partial charge in [0.1, 0.15) is 0 Å². The summed E-state index contributed by atoms with van der Waals surface area (Å²) in [5.74, 6) is -0.0163. The average molecular weight is 229 g/mol. The number of amides is 1. The van der Waals surface area contributed by atoms with Crippen molar-refractivity contribution in [1.29, 1.82) is 0 Å². The summed E-state index contributed by atoms with van der Waals surface area (Å²) in [6.07, 6.45) is 4.61. The van der Waals surface area contributed by atoms with E-state index >= 15 is 0 Å². The van der Waals surface area contributed by atoms with E-state index in [1.807, 2.05) is 12.1 Å². The molecule has 0 aromatic heterocycles. The third kappa shape index (κ3) is 1.75. The maximum Gasteiger partial charge on any atom is 0.234 e. The van der Waals surface area contributed by atoms with Crippen LogP contribution in [0.2, 0.25) is 0 Å². The van der Waals surface area contributed by atoms with Gasteiger partial charge in [-0.1, -0.05) is 12.1 Å². The Kier molecular flexibility index (Phi) is 2.46. The molecule has 0 spiro atoms. The Balaban J connectivity index is 2.03. The number of carbonyl (C=O) groups is 2. The molecule has 1 saturated heterocycles. The molecule has 1 aromatic rings. The first-order chi connectivity index (χ1) is 8.25. The lowest BCUT2D eigenvalue weighted by molar-refractivity contribution is -0.121. The van der Waals surface area contributed by atoms with E-state index in [1.54, 1.807) is 4.90 Å². The normalized spacial score (nSPS) is 19.6. The van der Waals surface area contributed by atoms with Crippen molar-refractivity contribution in [3.8, 4) is 0 Å². The number of hydrogen-bond acceptors (Lipinski definition) is 2. The molecule has 0 radical (unpaired) electrons. The van der Waals surface area contributed by atoms with Crippen molar-refractivity contribution in [3.05, 3.63) is 29.3 Å². The first kappa shape index (κ1) is 10.5. The van der Waals surface area contributed by atoms with Crippen LogP contribution in [0.15, 0.2) is 18.2 Å². The second kappa shape index (κ2) is 3.99. The van der Waals surface area contributed by atoms with E-state index in [0.717, 1.165) is 18.5 Å². The molecule has 0 unspecified atom stereocenters. The van der Waals surface area contributed by atoms with Gasteiger partial charge in [-0.05, 0) is 42.9 Å². The molecule has 0 bridgehead atoms. The summed E-state index contributed by atoms with van der Waals surface area (Å²) in [5.41, 5.74) is 3.60. The smallest absolute Gasteiger partial charge is 0.234 e. The van der Waals surface area contributed by atoms with Gasteiger partial charge in [0.05, 0.1) is 13.0 Å². The van der Waals surface area contributed by atoms with Crippen molar-refractivity contribution < 1.29 is 9.59 Å². The lowest BCUT2D eigenvalue weighted by Gasteiger charge is -2.24. The van der Waals surface area contributed by atoms with Gasteiger partial charge >= 0.3 is 0 Å². The van der Waals surface area contributed by atoms with Crippen molar-refractivity contribution in [1.82, 2.24) is 0 Å². The van der Waals surface area contributed by atoms with Gasteiger partial charge in [0, 0.05) is 5.69 Å². The molecular formula is C14H15NO2. The molecule has 2 aliphatic rings. The van der Waals surface area contributed by atoms with Crippen molar-refractivity contribution >= 4 is 17.4 Å². The molecule has 1 aliphatic carbocycles. The van der Waals surface area contributed by atoms with E-state index < -0.39 is 0 Å². The monoisotopic (exact) mass is 229 g/mol. The van der Waals surface area contributed by atoms with Gasteiger partial charge in [-0.2, -0.15) is 0 Å². The molecule has 1 aromatic carbocycles. The minimum Gasteiger partial charge on any atom is -0.304 e. The Labute approximate surface area is 100 Å². The van der Waals surface area contributed by atoms with Crippen LogP contribution in [0.3, 0.4) is 0 Å². The molecule has 3 rings (SSSR count). The number of rotatable bonds is 1. The van der Waals surface area contributed by atoms with Gasteiger partial charge in [-0.15, -0.1) is 0 Å². The Hall–Kier alpha value is -1.64. The molecule has 1 aliphatic heterocycles. The first-order valence-electron chi connectivity index (χ1n) is 6.18. The van der Waals surface area contributed by atoms with Crippen LogP contribution in [0.25, 0.3) is 0 Å². The van der Waals surface area contributed by atoms with Crippen LogP contribution < -0.4 is 4.90 Å². The minimum atomic E-state index is -0.0472. The fourth-order valence-electron chi connectivity index (χ4n) is 2.82. The van der Waals surface area contributed by atoms with Crippen LogP contribution in [-0.2, 0) is 22.4 Å². The zero-order valence-corrected chi connectivity index (χ0v) is 9.74. The molecular weight excluding hydrogens is 214 g/mol. The Morgan fingerprint density at radius 2 is 1.88 bits per heavy atom. The summed E-state index contributed by atoms with van der Waals surface area (Å²) in [6, 6.07) is 6.11. The Morgan fingerprint density at radius 1 is 1.06 bits per heavy atom. The lowest BCUT2D eigenvalue weighted by Crippen LogP contribution is -2.26. The fraction of sp³-hybridized carbons (Fsp3) is 0.429. The number of hydrogen-bond donors (Lipinski definition) is 0. The van der Waals surface area contributed by atoms with Crippen LogP contribution in [-0.4, -0.2) is 18.2 Å². The standard InChI is InChI=1S/C14H15NO2/c16-11-8-14(17)15(9-11)13-7-3-5-10-4-1-2-6-12(10)13/h3,5,7H,1-2,4,6,8-9H2. The van der Waals surface area contributed by atoms with E-state index in [2.05, 4.69) is 6.07 Å². The predicted octanol–water partition coefficient (Wildman–Crippen LogP) is 1.87. The molecule has 3 heteroatoms. The van der Waals surface area contributed by atoms with Gasteiger partial charge in [-0.25, -0.2) is 0 Å². The van der Waals surface area contributed by atoms with E-state index in [4.69, 9.17) is 0 Å². The number of ketones is 1. The maximum atomic E-state index is 11.8. The van der Waals surface area contributed by atoms with Crippen LogP contribution in [0, 0.1) is 0 Å². The third-order valence-electron chi connectivity index (χ3n) is 3.65. The zero-order valence-electron chi connectivity index (χ0n) is 9.74. The van der Waals surface area contributed by atoms with Gasteiger partial charge < -0.3 is 4.90 Å². The van der Waals surface area contributed by atoms with Gasteiger partial charge in [0.15, 0.2) is 5.78 Å². The summed E-state index contributed by atoms with van der Waals surface area (Å²) < 4.78 is 0. The number of benzene rings is 1. The summed E-state index contributed by atoms with van der Waals surface area (Å²) in [6.45, 7) is 0.259.